The van der Waals surface area contributed by atoms with E-state index in [2.05, 4.69) is 4.74 Å². The molecule has 0 bridgehead atoms. The van der Waals surface area contributed by atoms with Crippen LogP contribution in [-0.4, -0.2) is 23.5 Å². The van der Waals surface area contributed by atoms with E-state index in [0.717, 1.165) is 12.1 Å². The fourth-order valence-electron chi connectivity index (χ4n) is 4.57. The third kappa shape index (κ3) is 3.17. The topological polar surface area (TPSA) is 77.5 Å². The van der Waals surface area contributed by atoms with Crippen molar-refractivity contribution in [3.8, 4) is 0 Å². The zero-order valence-corrected chi connectivity index (χ0v) is 17.7. The smallest absolute Gasteiger partial charge is 0.386 e. The third-order valence-electron chi connectivity index (χ3n) is 6.51. The first-order valence-corrected chi connectivity index (χ1v) is 10.3. The van der Waals surface area contributed by atoms with Gasteiger partial charge in [-0.15, -0.1) is 0 Å². The van der Waals surface area contributed by atoms with Gasteiger partial charge >= 0.3 is 18.1 Å². The van der Waals surface area contributed by atoms with E-state index in [4.69, 9.17) is 0 Å². The minimum Gasteiger partial charge on any atom is -0.386 e. The van der Waals surface area contributed by atoms with Crippen LogP contribution >= 0.6 is 0 Å². The van der Waals surface area contributed by atoms with Gasteiger partial charge in [-0.3, -0.25) is 9.59 Å². The van der Waals surface area contributed by atoms with Crippen molar-refractivity contribution in [3.05, 3.63) is 105 Å². The molecular formula is C26H15F3O5. The Morgan fingerprint density at radius 3 is 1.85 bits per heavy atom. The number of Topliss-reactive ketones (excluding diaryl/α,β-unsaturated/α-hetero) is 2. The van der Waals surface area contributed by atoms with Crippen LogP contribution in [0.1, 0.15) is 77.0 Å². The SMILES string of the molecule is CC(c1cccc(C(F)(F)F)c1)(c1ccc2c(c1)C(=O)CC2=O)c1ccc2c(c1)C(=O)OC2=O. The molecule has 170 valence electrons. The van der Waals surface area contributed by atoms with Gasteiger partial charge in [0.25, 0.3) is 0 Å². The van der Waals surface area contributed by atoms with Crippen LogP contribution in [-0.2, 0) is 16.3 Å². The van der Waals surface area contributed by atoms with Gasteiger partial charge in [-0.25, -0.2) is 9.59 Å². The Morgan fingerprint density at radius 2 is 1.18 bits per heavy atom. The van der Waals surface area contributed by atoms with Crippen LogP contribution in [0.3, 0.4) is 0 Å². The number of rotatable bonds is 3. The molecule has 0 radical (unpaired) electrons. The highest BCUT2D eigenvalue weighted by atomic mass is 19.4. The highest BCUT2D eigenvalue weighted by molar-refractivity contribution is 6.24. The highest BCUT2D eigenvalue weighted by Gasteiger charge is 2.39. The zero-order valence-electron chi connectivity index (χ0n) is 17.7. The summed E-state index contributed by atoms with van der Waals surface area (Å²) in [6.45, 7) is 1.66. The molecule has 0 amide bonds. The molecule has 1 atom stereocenters. The van der Waals surface area contributed by atoms with Crippen LogP contribution in [0.4, 0.5) is 13.2 Å². The molecule has 3 aromatic carbocycles. The molecule has 1 aliphatic carbocycles. The Hall–Kier alpha value is -4.07. The summed E-state index contributed by atoms with van der Waals surface area (Å²) in [7, 11) is 0. The number of carbonyl (C=O) groups is 4. The molecule has 5 nitrogen and oxygen atoms in total. The lowest BCUT2D eigenvalue weighted by molar-refractivity contribution is -0.137. The van der Waals surface area contributed by atoms with Gasteiger partial charge < -0.3 is 4.74 Å². The number of halogens is 3. The maximum absolute atomic E-state index is 13.5. The van der Waals surface area contributed by atoms with Crippen LogP contribution in [0.25, 0.3) is 0 Å². The maximum atomic E-state index is 13.5. The molecule has 0 spiro atoms. The molecule has 8 heteroatoms. The quantitative estimate of drug-likeness (QED) is 0.305. The lowest BCUT2D eigenvalue weighted by Gasteiger charge is -2.33. The molecule has 1 aliphatic heterocycles. The number of fused-ring (bicyclic) bond motifs is 2. The number of esters is 2. The van der Waals surface area contributed by atoms with E-state index in [0.29, 0.717) is 11.1 Å². The molecular weight excluding hydrogens is 449 g/mol. The third-order valence-corrected chi connectivity index (χ3v) is 6.51. The van der Waals surface area contributed by atoms with Gasteiger partial charge in [-0.1, -0.05) is 36.4 Å². The van der Waals surface area contributed by atoms with Crippen molar-refractivity contribution in [1.29, 1.82) is 0 Å². The van der Waals surface area contributed by atoms with Gasteiger partial charge in [-0.05, 0) is 47.9 Å². The van der Waals surface area contributed by atoms with Crippen molar-refractivity contribution >= 4 is 23.5 Å². The molecule has 0 aromatic heterocycles. The summed E-state index contributed by atoms with van der Waals surface area (Å²) < 4.78 is 45.2. The van der Waals surface area contributed by atoms with Crippen molar-refractivity contribution in [2.24, 2.45) is 0 Å². The van der Waals surface area contributed by atoms with E-state index in [1.807, 2.05) is 0 Å². The Bertz CT molecular complexity index is 1360. The lowest BCUT2D eigenvalue weighted by Crippen LogP contribution is -2.27. The number of benzene rings is 3. The summed E-state index contributed by atoms with van der Waals surface area (Å²) in [6.07, 6.45) is -4.85. The Morgan fingerprint density at radius 1 is 0.647 bits per heavy atom. The summed E-state index contributed by atoms with van der Waals surface area (Å²) in [5, 5.41) is 0. The van der Waals surface area contributed by atoms with Crippen LogP contribution in [0.2, 0.25) is 0 Å². The predicted octanol–water partition coefficient (Wildman–Crippen LogP) is 5.14. The summed E-state index contributed by atoms with van der Waals surface area (Å²) in [5.74, 6) is -2.32. The second-order valence-electron chi connectivity index (χ2n) is 8.42. The molecule has 0 N–H and O–H groups in total. The zero-order chi connectivity index (χ0) is 24.4. The van der Waals surface area contributed by atoms with Gasteiger partial charge in [0.15, 0.2) is 11.6 Å². The Kier molecular flexibility index (Phi) is 4.62. The minimum absolute atomic E-state index is 0.00751. The predicted molar refractivity (Wildman–Crippen MR) is 113 cm³/mol. The summed E-state index contributed by atoms with van der Waals surface area (Å²) in [6, 6.07) is 13.7. The van der Waals surface area contributed by atoms with E-state index < -0.39 is 29.1 Å². The number of hydrogen-bond donors (Lipinski definition) is 0. The second kappa shape index (κ2) is 7.21. The average molecular weight is 464 g/mol. The van der Waals surface area contributed by atoms with Gasteiger partial charge in [-0.2, -0.15) is 13.2 Å². The second-order valence-corrected chi connectivity index (χ2v) is 8.42. The molecule has 0 saturated carbocycles. The monoisotopic (exact) mass is 464 g/mol. The first kappa shape index (κ1) is 21.8. The van der Waals surface area contributed by atoms with Gasteiger partial charge in [0.05, 0.1) is 23.1 Å². The van der Waals surface area contributed by atoms with Crippen LogP contribution < -0.4 is 0 Å². The van der Waals surface area contributed by atoms with Crippen LogP contribution in [0, 0.1) is 0 Å². The maximum Gasteiger partial charge on any atom is 0.416 e. The first-order valence-electron chi connectivity index (χ1n) is 10.3. The molecule has 1 unspecified atom stereocenters. The van der Waals surface area contributed by atoms with Gasteiger partial charge in [0.1, 0.15) is 0 Å². The number of hydrogen-bond acceptors (Lipinski definition) is 5. The number of carbonyl (C=O) groups excluding carboxylic acids is 4. The molecule has 1 heterocycles. The summed E-state index contributed by atoms with van der Waals surface area (Å²) >= 11 is 0. The average Bonchev–Trinajstić information content (AvgIpc) is 3.26. The molecule has 0 fully saturated rings. The Balaban J connectivity index is 1.77. The van der Waals surface area contributed by atoms with Gasteiger partial charge in [0.2, 0.25) is 0 Å². The fraction of sp³-hybridized carbons (Fsp3) is 0.154. The minimum atomic E-state index is -4.59. The Labute approximate surface area is 191 Å². The van der Waals surface area contributed by atoms with E-state index >= 15 is 0 Å². The van der Waals surface area contributed by atoms with Crippen molar-refractivity contribution < 1.29 is 37.1 Å². The van der Waals surface area contributed by atoms with E-state index in [9.17, 15) is 32.3 Å². The normalized spacial score (nSPS) is 16.8. The fourth-order valence-corrected chi connectivity index (χ4v) is 4.57. The van der Waals surface area contributed by atoms with Crippen molar-refractivity contribution in [3.63, 3.8) is 0 Å². The molecule has 34 heavy (non-hydrogen) atoms. The standard InChI is InChI=1S/C26H15F3O5/c1-25(13-3-2-4-16(9-13)26(27,28)29,14-5-7-17-19(10-14)22(31)12-21(17)30)15-6-8-18-20(11-15)24(33)34-23(18)32/h2-11H,12H2,1H3. The largest absolute Gasteiger partial charge is 0.416 e. The van der Waals surface area contributed by atoms with Crippen LogP contribution in [0.15, 0.2) is 60.7 Å². The highest BCUT2D eigenvalue weighted by Crippen LogP contribution is 2.43. The molecule has 5 rings (SSSR count). The molecule has 0 saturated heterocycles. The summed E-state index contributed by atoms with van der Waals surface area (Å²) in [5.41, 5.74) is -0.484. The summed E-state index contributed by atoms with van der Waals surface area (Å²) in [4.78, 5) is 48.5. The van der Waals surface area contributed by atoms with Crippen molar-refractivity contribution in [2.75, 3.05) is 0 Å². The lowest BCUT2D eigenvalue weighted by atomic mass is 9.70. The van der Waals surface area contributed by atoms with E-state index in [1.54, 1.807) is 19.1 Å². The van der Waals surface area contributed by atoms with Gasteiger partial charge in [0, 0.05) is 16.5 Å². The van der Waals surface area contributed by atoms with Crippen molar-refractivity contribution in [1.82, 2.24) is 0 Å². The first-order chi connectivity index (χ1) is 16.0. The number of cyclic esters (lactones) is 2. The van der Waals surface area contributed by atoms with Crippen molar-refractivity contribution in [2.45, 2.75) is 24.9 Å². The number of alkyl halides is 3. The van der Waals surface area contributed by atoms with Crippen LogP contribution in [0.5, 0.6) is 0 Å². The number of ketones is 2. The van der Waals surface area contributed by atoms with E-state index in [1.165, 1.54) is 36.4 Å². The van der Waals surface area contributed by atoms with E-state index in [-0.39, 0.29) is 45.8 Å². The number of ether oxygens (including phenoxy) is 1. The molecule has 3 aromatic rings. The molecule has 2 aliphatic rings.